The lowest BCUT2D eigenvalue weighted by atomic mass is 10.1. The first-order valence-electron chi connectivity index (χ1n) is 9.14. The Labute approximate surface area is 160 Å². The van der Waals surface area contributed by atoms with Gasteiger partial charge in [0.05, 0.1) is 23.1 Å². The van der Waals surface area contributed by atoms with Crippen molar-refractivity contribution in [1.29, 1.82) is 0 Å². The maximum Gasteiger partial charge on any atom is 0.0977 e. The van der Waals surface area contributed by atoms with Crippen LogP contribution in [0.25, 0.3) is 17.1 Å². The van der Waals surface area contributed by atoms with Gasteiger partial charge in [0, 0.05) is 25.0 Å². The van der Waals surface area contributed by atoms with Gasteiger partial charge in [-0.1, -0.05) is 42.5 Å². The molecule has 5 heteroatoms. The number of benzene rings is 1. The van der Waals surface area contributed by atoms with Gasteiger partial charge in [0.15, 0.2) is 0 Å². The number of aromatic nitrogens is 3. The van der Waals surface area contributed by atoms with Crippen molar-refractivity contribution < 1.29 is 0 Å². The SMILES string of the molecule is C=C(C)/C=C(\NNC)c1ccnc(-c2cn(C(C)Cc3ccccc3)[nH]2)c1. The molecule has 0 radical (unpaired) electrons. The van der Waals surface area contributed by atoms with Gasteiger partial charge in [-0.25, -0.2) is 5.43 Å². The number of aromatic amines is 1. The molecular formula is C22H27N5. The van der Waals surface area contributed by atoms with Gasteiger partial charge < -0.3 is 5.43 Å². The summed E-state index contributed by atoms with van der Waals surface area (Å²) in [6.45, 7) is 8.14. The van der Waals surface area contributed by atoms with Crippen LogP contribution in [0.4, 0.5) is 0 Å². The normalized spacial score (nSPS) is 12.8. The van der Waals surface area contributed by atoms with E-state index >= 15 is 0 Å². The second-order valence-electron chi connectivity index (χ2n) is 6.81. The summed E-state index contributed by atoms with van der Waals surface area (Å²) in [5, 5.41) is 3.41. The molecule has 3 rings (SSSR count). The molecule has 0 fully saturated rings. The Morgan fingerprint density at radius 3 is 2.70 bits per heavy atom. The van der Waals surface area contributed by atoms with E-state index in [1.54, 1.807) is 0 Å². The summed E-state index contributed by atoms with van der Waals surface area (Å²) in [7, 11) is 1.84. The summed E-state index contributed by atoms with van der Waals surface area (Å²) in [6, 6.07) is 15.0. The fourth-order valence-corrected chi connectivity index (χ4v) is 3.01. The first-order valence-corrected chi connectivity index (χ1v) is 9.14. The van der Waals surface area contributed by atoms with Crippen LogP contribution in [-0.4, -0.2) is 21.8 Å². The molecule has 0 spiro atoms. The average molecular weight is 361 g/mol. The summed E-state index contributed by atoms with van der Waals surface area (Å²) in [5.74, 6) is 0. The van der Waals surface area contributed by atoms with Crippen molar-refractivity contribution in [3.05, 3.63) is 84.2 Å². The van der Waals surface area contributed by atoms with E-state index in [0.29, 0.717) is 6.04 Å². The van der Waals surface area contributed by atoms with E-state index in [4.69, 9.17) is 0 Å². The predicted molar refractivity (Wildman–Crippen MR) is 112 cm³/mol. The summed E-state index contributed by atoms with van der Waals surface area (Å²) in [4.78, 5) is 4.51. The number of nitrogens with zero attached hydrogens (tertiary/aromatic N) is 2. The van der Waals surface area contributed by atoms with Crippen LogP contribution in [0, 0.1) is 0 Å². The first-order chi connectivity index (χ1) is 13.1. The molecule has 0 bridgehead atoms. The van der Waals surface area contributed by atoms with Gasteiger partial charge >= 0.3 is 0 Å². The van der Waals surface area contributed by atoms with Crippen LogP contribution >= 0.6 is 0 Å². The van der Waals surface area contributed by atoms with E-state index in [-0.39, 0.29) is 0 Å². The second kappa shape index (κ2) is 8.56. The Hall–Kier alpha value is -3.05. The number of pyridine rings is 1. The topological polar surface area (TPSA) is 57.7 Å². The fraction of sp³-hybridized carbons (Fsp3) is 0.227. The van der Waals surface area contributed by atoms with E-state index in [0.717, 1.165) is 34.6 Å². The lowest BCUT2D eigenvalue weighted by Gasteiger charge is -2.22. The maximum atomic E-state index is 4.51. The summed E-state index contributed by atoms with van der Waals surface area (Å²) >= 11 is 0. The van der Waals surface area contributed by atoms with Crippen molar-refractivity contribution in [2.75, 3.05) is 7.05 Å². The molecule has 2 aromatic heterocycles. The molecule has 0 aliphatic rings. The van der Waals surface area contributed by atoms with E-state index in [1.165, 1.54) is 5.56 Å². The molecule has 2 heterocycles. The van der Waals surface area contributed by atoms with Gasteiger partial charge in [0.1, 0.15) is 0 Å². The van der Waals surface area contributed by atoms with Crippen molar-refractivity contribution in [1.82, 2.24) is 25.6 Å². The molecular weight excluding hydrogens is 334 g/mol. The highest BCUT2D eigenvalue weighted by molar-refractivity contribution is 5.69. The van der Waals surface area contributed by atoms with Crippen molar-refractivity contribution in [2.45, 2.75) is 26.3 Å². The predicted octanol–water partition coefficient (Wildman–Crippen LogP) is 4.32. The summed E-state index contributed by atoms with van der Waals surface area (Å²) in [6.07, 6.45) is 6.94. The molecule has 0 saturated heterocycles. The fourth-order valence-electron chi connectivity index (χ4n) is 3.01. The summed E-state index contributed by atoms with van der Waals surface area (Å²) in [5.41, 5.74) is 12.4. The van der Waals surface area contributed by atoms with Crippen molar-refractivity contribution in [2.24, 2.45) is 0 Å². The van der Waals surface area contributed by atoms with E-state index in [1.807, 2.05) is 38.4 Å². The molecule has 27 heavy (non-hydrogen) atoms. The van der Waals surface area contributed by atoms with Gasteiger partial charge in [-0.2, -0.15) is 0 Å². The highest BCUT2D eigenvalue weighted by atomic mass is 15.3. The molecule has 0 saturated carbocycles. The highest BCUT2D eigenvalue weighted by Gasteiger charge is 2.13. The molecule has 1 atom stereocenters. The standard InChI is InChI=1S/C22H27N5/c1-16(2)12-20(25-23-4)19-10-11-24-21(14-19)22-15-27(26-22)17(3)13-18-8-6-5-7-9-18/h5-12,14-15,17,23,25-26H,1,13H2,2-4H3/b20-12-. The molecule has 0 aliphatic carbocycles. The number of nitrogens with one attached hydrogen (secondary N) is 3. The van der Waals surface area contributed by atoms with E-state index in [9.17, 15) is 0 Å². The zero-order chi connectivity index (χ0) is 19.2. The largest absolute Gasteiger partial charge is 0.321 e. The van der Waals surface area contributed by atoms with E-state index < -0.39 is 0 Å². The minimum absolute atomic E-state index is 0.365. The quantitative estimate of drug-likeness (QED) is 0.414. The van der Waals surface area contributed by atoms with Crippen LogP contribution in [0.1, 0.15) is 31.0 Å². The Morgan fingerprint density at radius 1 is 1.30 bits per heavy atom. The molecule has 3 N–H and O–H groups in total. The van der Waals surface area contributed by atoms with Crippen LogP contribution in [0.3, 0.4) is 0 Å². The number of hydrogen-bond acceptors (Lipinski definition) is 3. The number of H-pyrrole nitrogens is 1. The number of hydrazine groups is 1. The Kier molecular flexibility index (Phi) is 5.94. The minimum atomic E-state index is 0.365. The van der Waals surface area contributed by atoms with E-state index in [2.05, 4.69) is 75.6 Å². The monoisotopic (exact) mass is 361 g/mol. The number of allylic oxidation sites excluding steroid dienone is 2. The molecule has 0 aliphatic heterocycles. The van der Waals surface area contributed by atoms with Crippen LogP contribution in [0.5, 0.6) is 0 Å². The third kappa shape index (κ3) is 4.77. The lowest BCUT2D eigenvalue weighted by Crippen LogP contribution is -2.26. The zero-order valence-electron chi connectivity index (χ0n) is 16.2. The van der Waals surface area contributed by atoms with Crippen LogP contribution in [-0.2, 0) is 6.42 Å². The van der Waals surface area contributed by atoms with Crippen molar-refractivity contribution in [3.63, 3.8) is 0 Å². The number of rotatable bonds is 8. The Balaban J connectivity index is 1.75. The van der Waals surface area contributed by atoms with Crippen LogP contribution in [0.2, 0.25) is 0 Å². The summed E-state index contributed by atoms with van der Waals surface area (Å²) < 4.78 is 2.13. The molecule has 0 amide bonds. The van der Waals surface area contributed by atoms with Gasteiger partial charge in [-0.3, -0.25) is 14.8 Å². The third-order valence-corrected chi connectivity index (χ3v) is 4.36. The molecule has 5 nitrogen and oxygen atoms in total. The van der Waals surface area contributed by atoms with Crippen molar-refractivity contribution >= 4 is 5.70 Å². The minimum Gasteiger partial charge on any atom is -0.321 e. The molecule has 1 aromatic carbocycles. The average Bonchev–Trinajstić information content (AvgIpc) is 2.61. The maximum absolute atomic E-state index is 4.51. The molecule has 1 unspecified atom stereocenters. The Bertz CT molecular complexity index is 905. The second-order valence-corrected chi connectivity index (χ2v) is 6.81. The van der Waals surface area contributed by atoms with Crippen LogP contribution in [0.15, 0.2) is 73.1 Å². The smallest absolute Gasteiger partial charge is 0.0977 e. The van der Waals surface area contributed by atoms with Gasteiger partial charge in [-0.05, 0) is 44.0 Å². The lowest BCUT2D eigenvalue weighted by molar-refractivity contribution is 0.460. The third-order valence-electron chi connectivity index (χ3n) is 4.36. The molecule has 140 valence electrons. The van der Waals surface area contributed by atoms with Gasteiger partial charge in [-0.15, -0.1) is 0 Å². The highest BCUT2D eigenvalue weighted by Crippen LogP contribution is 2.23. The first kappa shape index (κ1) is 18.7. The van der Waals surface area contributed by atoms with Crippen LogP contribution < -0.4 is 10.9 Å². The van der Waals surface area contributed by atoms with Gasteiger partial charge in [0.2, 0.25) is 0 Å². The molecule has 3 aromatic rings. The zero-order valence-corrected chi connectivity index (χ0v) is 16.2. The Morgan fingerprint density at radius 2 is 2.04 bits per heavy atom. The van der Waals surface area contributed by atoms with Gasteiger partial charge in [0.25, 0.3) is 0 Å². The number of hydrogen-bond donors (Lipinski definition) is 3. The van der Waals surface area contributed by atoms with Crippen molar-refractivity contribution in [3.8, 4) is 11.4 Å².